The topological polar surface area (TPSA) is 97.7 Å². The molecule has 4 atom stereocenters. The molecule has 9 heteroatoms. The molecule has 0 spiro atoms. The Labute approximate surface area is 219 Å². The Balaban J connectivity index is 1.49. The second-order valence-electron chi connectivity index (χ2n) is 9.34. The van der Waals surface area contributed by atoms with Gasteiger partial charge in [0.2, 0.25) is 11.8 Å². The maximum atomic E-state index is 14.1. The van der Waals surface area contributed by atoms with E-state index in [1.807, 2.05) is 24.3 Å². The summed E-state index contributed by atoms with van der Waals surface area (Å²) in [6.45, 7) is 0. The standard InChI is InChI=1S/C29H25N3O6/c1-36-18-10-8-16(9-11-18)27(33)26-24-23(25-20-7-5-4-6-17(20)15-30-32(25)26)28(34)31(29(24)35)21-14-19(37-2)12-13-22(21)38-3/h4-15,23-26H,1-3H3/t23-,24+,25+,26-/m0/s1. The molecule has 3 heterocycles. The minimum Gasteiger partial charge on any atom is -0.497 e. The van der Waals surface area contributed by atoms with Crippen molar-refractivity contribution in [2.24, 2.45) is 16.9 Å². The molecule has 3 aromatic carbocycles. The maximum Gasteiger partial charge on any atom is 0.240 e. The van der Waals surface area contributed by atoms with Gasteiger partial charge in [0.25, 0.3) is 0 Å². The first-order valence-electron chi connectivity index (χ1n) is 12.2. The molecule has 0 radical (unpaired) electrons. The van der Waals surface area contributed by atoms with E-state index >= 15 is 0 Å². The normalized spacial score (nSPS) is 23.1. The minimum absolute atomic E-state index is 0.283. The summed E-state index contributed by atoms with van der Waals surface area (Å²) >= 11 is 0. The van der Waals surface area contributed by atoms with Gasteiger partial charge >= 0.3 is 0 Å². The quantitative estimate of drug-likeness (QED) is 0.369. The lowest BCUT2D eigenvalue weighted by Gasteiger charge is -2.34. The van der Waals surface area contributed by atoms with Crippen molar-refractivity contribution in [2.45, 2.75) is 12.1 Å². The van der Waals surface area contributed by atoms with E-state index < -0.39 is 35.7 Å². The summed E-state index contributed by atoms with van der Waals surface area (Å²) in [5.74, 6) is -1.49. The van der Waals surface area contributed by atoms with Crippen molar-refractivity contribution in [1.29, 1.82) is 0 Å². The molecular formula is C29H25N3O6. The van der Waals surface area contributed by atoms with Crippen LogP contribution >= 0.6 is 0 Å². The Kier molecular flexibility index (Phi) is 5.63. The summed E-state index contributed by atoms with van der Waals surface area (Å²) in [7, 11) is 4.53. The SMILES string of the molecule is COc1ccc(C(=O)[C@@H]2[C@@H]3C(=O)N(c4cc(OC)ccc4OC)C(=O)[C@@H]3[C@H]3c4ccccc4C=NN23)cc1. The van der Waals surface area contributed by atoms with E-state index in [0.717, 1.165) is 16.0 Å². The molecule has 0 unspecified atom stereocenters. The monoisotopic (exact) mass is 511 g/mol. The zero-order valence-corrected chi connectivity index (χ0v) is 21.0. The summed E-state index contributed by atoms with van der Waals surface area (Å²) in [6.07, 6.45) is 1.68. The van der Waals surface area contributed by atoms with Gasteiger partial charge in [0, 0.05) is 11.6 Å². The number of hydrogen-bond acceptors (Lipinski definition) is 8. The molecule has 0 N–H and O–H groups in total. The average Bonchev–Trinajstić information content (AvgIpc) is 3.44. The predicted molar refractivity (Wildman–Crippen MR) is 139 cm³/mol. The van der Waals surface area contributed by atoms with E-state index in [-0.39, 0.29) is 11.5 Å². The summed E-state index contributed by atoms with van der Waals surface area (Å²) in [5.41, 5.74) is 2.39. The number of anilines is 1. The number of hydrazone groups is 1. The van der Waals surface area contributed by atoms with Crippen LogP contribution < -0.4 is 19.1 Å². The molecular weight excluding hydrogens is 486 g/mol. The highest BCUT2D eigenvalue weighted by molar-refractivity contribution is 6.25. The summed E-state index contributed by atoms with van der Waals surface area (Å²) in [5, 5.41) is 6.24. The van der Waals surface area contributed by atoms with Gasteiger partial charge in [0.15, 0.2) is 5.78 Å². The van der Waals surface area contributed by atoms with Gasteiger partial charge in [-0.2, -0.15) is 5.10 Å². The van der Waals surface area contributed by atoms with Gasteiger partial charge in [-0.15, -0.1) is 0 Å². The molecule has 9 nitrogen and oxygen atoms in total. The van der Waals surface area contributed by atoms with Gasteiger partial charge in [-0.05, 0) is 47.5 Å². The summed E-state index contributed by atoms with van der Waals surface area (Å²) in [4.78, 5) is 43.4. The van der Waals surface area contributed by atoms with E-state index in [1.54, 1.807) is 60.8 Å². The Bertz CT molecular complexity index is 1480. The fourth-order valence-corrected chi connectivity index (χ4v) is 5.80. The Morgan fingerprint density at radius 1 is 0.816 bits per heavy atom. The fourth-order valence-electron chi connectivity index (χ4n) is 5.80. The van der Waals surface area contributed by atoms with Gasteiger partial charge < -0.3 is 14.2 Å². The van der Waals surface area contributed by atoms with Crippen LogP contribution in [0.1, 0.15) is 27.5 Å². The first kappa shape index (κ1) is 23.7. The van der Waals surface area contributed by atoms with Gasteiger partial charge in [-0.1, -0.05) is 24.3 Å². The molecule has 0 aliphatic carbocycles. The van der Waals surface area contributed by atoms with Crippen molar-refractivity contribution in [3.63, 3.8) is 0 Å². The molecule has 0 saturated carbocycles. The van der Waals surface area contributed by atoms with Gasteiger partial charge in [-0.25, -0.2) is 4.90 Å². The fraction of sp³-hybridized carbons (Fsp3) is 0.241. The molecule has 38 heavy (non-hydrogen) atoms. The number of benzene rings is 3. The predicted octanol–water partition coefficient (Wildman–Crippen LogP) is 3.47. The van der Waals surface area contributed by atoms with Gasteiger partial charge in [0.05, 0.1) is 51.1 Å². The molecule has 3 aromatic rings. The van der Waals surface area contributed by atoms with Crippen LogP contribution in [0.25, 0.3) is 0 Å². The Morgan fingerprint density at radius 3 is 2.21 bits per heavy atom. The molecule has 192 valence electrons. The molecule has 0 bridgehead atoms. The zero-order valence-electron chi connectivity index (χ0n) is 21.0. The van der Waals surface area contributed by atoms with Crippen LogP contribution in [0.4, 0.5) is 5.69 Å². The number of ether oxygens (including phenoxy) is 3. The van der Waals surface area contributed by atoms with Crippen molar-refractivity contribution < 1.29 is 28.6 Å². The van der Waals surface area contributed by atoms with Gasteiger partial charge in [0.1, 0.15) is 23.3 Å². The van der Waals surface area contributed by atoms with Crippen molar-refractivity contribution in [1.82, 2.24) is 5.01 Å². The number of amides is 2. The third-order valence-corrected chi connectivity index (χ3v) is 7.56. The first-order valence-corrected chi connectivity index (χ1v) is 12.2. The number of imide groups is 1. The second kappa shape index (κ2) is 9.02. The molecule has 3 aliphatic rings. The molecule has 2 saturated heterocycles. The zero-order chi connectivity index (χ0) is 26.6. The highest BCUT2D eigenvalue weighted by Crippen LogP contribution is 2.54. The highest BCUT2D eigenvalue weighted by Gasteiger charge is 2.65. The Hall–Kier alpha value is -4.66. The summed E-state index contributed by atoms with van der Waals surface area (Å²) < 4.78 is 16.1. The number of Topliss-reactive ketones (excluding diaryl/α,β-unsaturated/α-hetero) is 1. The third-order valence-electron chi connectivity index (χ3n) is 7.56. The maximum absolute atomic E-state index is 14.1. The van der Waals surface area contributed by atoms with Gasteiger partial charge in [-0.3, -0.25) is 19.4 Å². The number of nitrogens with zero attached hydrogens (tertiary/aromatic N) is 3. The van der Waals surface area contributed by atoms with E-state index in [1.165, 1.54) is 14.2 Å². The minimum atomic E-state index is -0.971. The third kappa shape index (κ3) is 3.38. The van der Waals surface area contributed by atoms with E-state index in [4.69, 9.17) is 14.2 Å². The van der Waals surface area contributed by atoms with Crippen LogP contribution in [-0.4, -0.2) is 56.2 Å². The Morgan fingerprint density at radius 2 is 1.50 bits per heavy atom. The lowest BCUT2D eigenvalue weighted by Crippen LogP contribution is -2.44. The number of fused-ring (bicyclic) bond motifs is 5. The number of ketones is 1. The van der Waals surface area contributed by atoms with Crippen molar-refractivity contribution in [3.8, 4) is 17.2 Å². The van der Waals surface area contributed by atoms with E-state index in [2.05, 4.69) is 5.10 Å². The van der Waals surface area contributed by atoms with E-state index in [9.17, 15) is 14.4 Å². The van der Waals surface area contributed by atoms with Crippen LogP contribution in [0.5, 0.6) is 17.2 Å². The lowest BCUT2D eigenvalue weighted by atomic mass is 9.83. The smallest absolute Gasteiger partial charge is 0.240 e. The number of methoxy groups -OCH3 is 3. The molecule has 0 aromatic heterocycles. The summed E-state index contributed by atoms with van der Waals surface area (Å²) in [6, 6.07) is 17.7. The number of carbonyl (C=O) groups excluding carboxylic acids is 3. The van der Waals surface area contributed by atoms with E-state index in [0.29, 0.717) is 22.8 Å². The van der Waals surface area contributed by atoms with Crippen LogP contribution in [0, 0.1) is 11.8 Å². The first-order chi connectivity index (χ1) is 18.5. The van der Waals surface area contributed by atoms with Crippen LogP contribution in [0.2, 0.25) is 0 Å². The average molecular weight is 512 g/mol. The highest BCUT2D eigenvalue weighted by atomic mass is 16.5. The second-order valence-corrected chi connectivity index (χ2v) is 9.34. The van der Waals surface area contributed by atoms with Crippen LogP contribution in [0.15, 0.2) is 71.8 Å². The van der Waals surface area contributed by atoms with Crippen molar-refractivity contribution >= 4 is 29.5 Å². The van der Waals surface area contributed by atoms with Crippen molar-refractivity contribution in [2.75, 3.05) is 26.2 Å². The number of carbonyl (C=O) groups is 3. The number of hydrogen-bond donors (Lipinski definition) is 0. The van der Waals surface area contributed by atoms with Crippen LogP contribution in [0.3, 0.4) is 0 Å². The number of rotatable bonds is 6. The van der Waals surface area contributed by atoms with Crippen molar-refractivity contribution in [3.05, 3.63) is 83.4 Å². The lowest BCUT2D eigenvalue weighted by molar-refractivity contribution is -0.124. The molecule has 3 aliphatic heterocycles. The largest absolute Gasteiger partial charge is 0.497 e. The molecule has 2 fully saturated rings. The molecule has 6 rings (SSSR count). The van der Waals surface area contributed by atoms with Crippen LogP contribution in [-0.2, 0) is 9.59 Å². The molecule has 2 amide bonds.